The molecule has 0 bridgehead atoms. The highest BCUT2D eigenvalue weighted by atomic mass is 19.1. The summed E-state index contributed by atoms with van der Waals surface area (Å²) in [6.07, 6.45) is 4.48. The van der Waals surface area contributed by atoms with Crippen LogP contribution in [0.25, 0.3) is 11.1 Å². The van der Waals surface area contributed by atoms with Crippen molar-refractivity contribution in [2.45, 2.75) is 66.5 Å². The van der Waals surface area contributed by atoms with E-state index < -0.39 is 17.6 Å². The second-order valence-electron chi connectivity index (χ2n) is 9.82. The van der Waals surface area contributed by atoms with E-state index in [-0.39, 0.29) is 34.4 Å². The predicted molar refractivity (Wildman–Crippen MR) is 154 cm³/mol. The fraction of sp³-hybridized carbons (Fsp3) is 0.400. The molecule has 1 aliphatic rings. The Balaban J connectivity index is 0.000000382. The van der Waals surface area contributed by atoms with Crippen LogP contribution in [0.5, 0.6) is 5.75 Å². The first kappa shape index (κ1) is 33.3. The normalized spacial score (nSPS) is 14.5. The van der Waals surface area contributed by atoms with Gasteiger partial charge in [-0.05, 0) is 73.8 Å². The molecule has 214 valence electrons. The van der Waals surface area contributed by atoms with Crippen LogP contribution in [0, 0.1) is 22.5 Å². The van der Waals surface area contributed by atoms with Crippen molar-refractivity contribution in [3.05, 3.63) is 76.6 Å². The van der Waals surface area contributed by atoms with Gasteiger partial charge in [0.05, 0.1) is 17.2 Å². The molecule has 7 N–H and O–H groups in total. The summed E-state index contributed by atoms with van der Waals surface area (Å²) in [5.41, 5.74) is 14.0. The van der Waals surface area contributed by atoms with E-state index in [1.165, 1.54) is 36.7 Å². The summed E-state index contributed by atoms with van der Waals surface area (Å²) in [5, 5.41) is 19.5. The molecule has 1 atom stereocenters. The van der Waals surface area contributed by atoms with Gasteiger partial charge in [-0.2, -0.15) is 0 Å². The van der Waals surface area contributed by atoms with Crippen LogP contribution in [0.3, 0.4) is 0 Å². The van der Waals surface area contributed by atoms with Crippen LogP contribution < -0.4 is 21.5 Å². The molecular weight excluding hydrogens is 502 g/mol. The molecule has 9 heteroatoms. The number of carbonyl (C=O) groups is 1. The molecule has 39 heavy (non-hydrogen) atoms. The van der Waals surface area contributed by atoms with E-state index >= 15 is 0 Å². The van der Waals surface area contributed by atoms with Gasteiger partial charge in [-0.25, -0.2) is 13.6 Å². The lowest BCUT2D eigenvalue weighted by molar-refractivity contribution is 0.0695. The fourth-order valence-electron chi connectivity index (χ4n) is 3.58. The maximum atomic E-state index is 14.3. The number of carboxylic acids is 1. The van der Waals surface area contributed by atoms with E-state index in [1.807, 2.05) is 48.6 Å². The summed E-state index contributed by atoms with van der Waals surface area (Å²) >= 11 is 0. The maximum Gasteiger partial charge on any atom is 0.335 e. The summed E-state index contributed by atoms with van der Waals surface area (Å²) in [6, 6.07) is 7.71. The lowest BCUT2D eigenvalue weighted by atomic mass is 9.83. The minimum atomic E-state index is -1.24. The average molecular weight is 545 g/mol. The molecule has 1 saturated carbocycles. The van der Waals surface area contributed by atoms with Crippen LogP contribution in [0.4, 0.5) is 8.78 Å². The van der Waals surface area contributed by atoms with Crippen molar-refractivity contribution in [2.24, 2.45) is 16.9 Å². The number of benzene rings is 2. The molecule has 1 unspecified atom stereocenters. The van der Waals surface area contributed by atoms with E-state index in [0.717, 1.165) is 30.1 Å². The summed E-state index contributed by atoms with van der Waals surface area (Å²) in [4.78, 5) is 11.0. The van der Waals surface area contributed by atoms with E-state index in [0.29, 0.717) is 11.3 Å². The summed E-state index contributed by atoms with van der Waals surface area (Å²) in [7, 11) is 1.84. The van der Waals surface area contributed by atoms with Gasteiger partial charge in [-0.15, -0.1) is 0 Å². The number of ether oxygens (including phenoxy) is 1. The third kappa shape index (κ3) is 9.51. The van der Waals surface area contributed by atoms with Crippen molar-refractivity contribution >= 4 is 12.2 Å². The molecule has 0 aliphatic heterocycles. The molecular formula is C30H42F2N4O3. The zero-order valence-corrected chi connectivity index (χ0v) is 23.9. The standard InChI is InChI=1S/C16H12F2O3.C12H24N4.C2H6/c17-11-3-1-2-9(6-11)15-13(18)7-10(16(19)20)8-14(15)21-12-4-5-12;1-8(16-5)9(6-13)11(15)10(7-14)12(2,3)4;1-2/h1-3,6-8,12H,4-5H2,(H,19,20);6-8,13,16H,14-15H2,1-5H3;1-2H3/b;10-7+,11-9-,13-6?;. The molecule has 3 rings (SSSR count). The highest BCUT2D eigenvalue weighted by Gasteiger charge is 2.27. The third-order valence-corrected chi connectivity index (χ3v) is 5.86. The van der Waals surface area contributed by atoms with E-state index in [2.05, 4.69) is 5.32 Å². The Morgan fingerprint density at radius 1 is 1.21 bits per heavy atom. The van der Waals surface area contributed by atoms with Gasteiger partial charge in [0, 0.05) is 23.5 Å². The number of rotatable bonds is 8. The largest absolute Gasteiger partial charge is 0.490 e. The number of likely N-dealkylation sites (N-methyl/N-ethyl adjacent to an activating group) is 1. The number of nitrogens with two attached hydrogens (primary N) is 2. The molecule has 0 aromatic heterocycles. The first-order chi connectivity index (χ1) is 18.3. The molecule has 0 amide bonds. The van der Waals surface area contributed by atoms with E-state index in [9.17, 15) is 13.6 Å². The highest BCUT2D eigenvalue weighted by Crippen LogP contribution is 2.38. The Morgan fingerprint density at radius 2 is 1.82 bits per heavy atom. The Morgan fingerprint density at radius 3 is 2.26 bits per heavy atom. The SMILES string of the molecule is CC.CNC(C)/C(C=N)=C(N)/C(=C\N)C(C)(C)C.O=C(O)c1cc(F)c(-c2cccc(F)c2)c(OC2CC2)c1. The predicted octanol–water partition coefficient (Wildman–Crippen LogP) is 6.24. The molecule has 0 saturated heterocycles. The highest BCUT2D eigenvalue weighted by molar-refractivity contribution is 5.90. The van der Waals surface area contributed by atoms with Gasteiger partial charge in [0.1, 0.15) is 17.4 Å². The second-order valence-corrected chi connectivity index (χ2v) is 9.82. The Hall–Kier alpha value is -3.72. The van der Waals surface area contributed by atoms with Crippen molar-refractivity contribution in [2.75, 3.05) is 7.05 Å². The Bertz CT molecular complexity index is 1200. The zero-order valence-electron chi connectivity index (χ0n) is 23.9. The number of hydrogen-bond donors (Lipinski definition) is 5. The maximum absolute atomic E-state index is 14.3. The summed E-state index contributed by atoms with van der Waals surface area (Å²) in [6.45, 7) is 12.1. The van der Waals surface area contributed by atoms with Crippen molar-refractivity contribution in [1.82, 2.24) is 5.32 Å². The number of carboxylic acid groups (broad SMARTS) is 1. The van der Waals surface area contributed by atoms with Gasteiger partial charge in [-0.3, -0.25) is 0 Å². The topological polar surface area (TPSA) is 134 Å². The monoisotopic (exact) mass is 544 g/mol. The zero-order chi connectivity index (χ0) is 29.9. The Kier molecular flexibility index (Phi) is 12.8. The first-order valence-electron chi connectivity index (χ1n) is 12.9. The molecule has 0 spiro atoms. The van der Waals surface area contributed by atoms with Gasteiger partial charge >= 0.3 is 5.97 Å². The molecule has 2 aromatic rings. The minimum Gasteiger partial charge on any atom is -0.490 e. The van der Waals surface area contributed by atoms with Crippen molar-refractivity contribution in [3.63, 3.8) is 0 Å². The van der Waals surface area contributed by atoms with Crippen LogP contribution in [-0.2, 0) is 0 Å². The van der Waals surface area contributed by atoms with E-state index in [1.54, 1.807) is 6.07 Å². The van der Waals surface area contributed by atoms with Crippen molar-refractivity contribution < 1.29 is 23.4 Å². The van der Waals surface area contributed by atoms with Gasteiger partial charge in [0.2, 0.25) is 0 Å². The molecule has 1 aliphatic carbocycles. The van der Waals surface area contributed by atoms with Crippen molar-refractivity contribution in [3.8, 4) is 16.9 Å². The number of hydrogen-bond acceptors (Lipinski definition) is 6. The number of nitrogens with one attached hydrogen (secondary N) is 2. The summed E-state index contributed by atoms with van der Waals surface area (Å²) in [5.74, 6) is -2.33. The van der Waals surface area contributed by atoms with Crippen LogP contribution >= 0.6 is 0 Å². The number of allylic oxidation sites excluding steroid dienone is 1. The smallest absolute Gasteiger partial charge is 0.335 e. The Labute approximate surface area is 230 Å². The molecule has 1 fully saturated rings. The van der Waals surface area contributed by atoms with Gasteiger partial charge in [0.25, 0.3) is 0 Å². The lowest BCUT2D eigenvalue weighted by Crippen LogP contribution is -2.29. The first-order valence-corrected chi connectivity index (χ1v) is 12.9. The van der Waals surface area contributed by atoms with Crippen LogP contribution in [0.2, 0.25) is 0 Å². The third-order valence-electron chi connectivity index (χ3n) is 5.86. The van der Waals surface area contributed by atoms with Crippen LogP contribution in [0.15, 0.2) is 59.4 Å². The second kappa shape index (κ2) is 15.0. The van der Waals surface area contributed by atoms with Gasteiger partial charge in [-0.1, -0.05) is 46.8 Å². The summed E-state index contributed by atoms with van der Waals surface area (Å²) < 4.78 is 33.2. The van der Waals surface area contributed by atoms with Crippen LogP contribution in [0.1, 0.15) is 64.7 Å². The van der Waals surface area contributed by atoms with Crippen molar-refractivity contribution in [1.29, 1.82) is 5.41 Å². The number of aromatic carboxylic acids is 1. The van der Waals surface area contributed by atoms with E-state index in [4.69, 9.17) is 26.7 Å². The average Bonchev–Trinajstić information content (AvgIpc) is 3.69. The van der Waals surface area contributed by atoms with Crippen LogP contribution in [-0.4, -0.2) is 36.5 Å². The molecule has 7 nitrogen and oxygen atoms in total. The van der Waals surface area contributed by atoms with Gasteiger partial charge in [0.15, 0.2) is 0 Å². The fourth-order valence-corrected chi connectivity index (χ4v) is 3.58. The molecule has 2 aromatic carbocycles. The van der Waals surface area contributed by atoms with Gasteiger partial charge < -0.3 is 32.0 Å². The quantitative estimate of drug-likeness (QED) is 0.197. The minimum absolute atomic E-state index is 0.0271. The molecule has 0 heterocycles. The molecule has 0 radical (unpaired) electrons. The lowest BCUT2D eigenvalue weighted by Gasteiger charge is -2.25. The number of halogens is 2.